The van der Waals surface area contributed by atoms with Crippen LogP contribution in [0.3, 0.4) is 0 Å². The SMILES string of the molecule is C=C1C[C@@H](c2nc3ccc(OC)cc3[nH]2)N(C(=O)c2nc(C)sc2C2=CCC(C)(F)C=C2)C1. The van der Waals surface area contributed by atoms with Crippen LogP contribution in [0, 0.1) is 6.92 Å². The first kappa shape index (κ1) is 21.6. The molecule has 1 N–H and O–H groups in total. The van der Waals surface area contributed by atoms with E-state index in [0.29, 0.717) is 24.5 Å². The number of allylic oxidation sites excluding steroid dienone is 4. The monoisotopic (exact) mass is 464 g/mol. The number of thiazole rings is 1. The van der Waals surface area contributed by atoms with Crippen molar-refractivity contribution >= 4 is 33.9 Å². The van der Waals surface area contributed by atoms with Crippen LogP contribution >= 0.6 is 11.3 Å². The fourth-order valence-corrected chi connectivity index (χ4v) is 5.26. The predicted octanol–water partition coefficient (Wildman–Crippen LogP) is 5.55. The summed E-state index contributed by atoms with van der Waals surface area (Å²) < 4.78 is 19.6. The topological polar surface area (TPSA) is 71.1 Å². The number of carbonyl (C=O) groups is 1. The Morgan fingerprint density at radius 3 is 2.94 bits per heavy atom. The molecule has 1 saturated heterocycles. The van der Waals surface area contributed by atoms with Gasteiger partial charge >= 0.3 is 0 Å². The predicted molar refractivity (Wildman–Crippen MR) is 128 cm³/mol. The first-order valence-electron chi connectivity index (χ1n) is 10.8. The minimum atomic E-state index is -1.37. The standard InChI is InChI=1S/C25H25FN4O2S/c1-14-11-20(23-28-18-6-5-17(32-4)12-19(18)29-23)30(13-14)24(31)21-22(33-15(2)27-21)16-7-9-25(3,26)10-8-16/h5-9,12,20H,1,10-11,13H2,2-4H3,(H,28,29)/t20-,25?/m0/s1. The van der Waals surface area contributed by atoms with Crippen LogP contribution in [0.1, 0.15) is 52.0 Å². The number of nitrogens with one attached hydrogen (secondary N) is 1. The average Bonchev–Trinajstić information content (AvgIpc) is 3.48. The van der Waals surface area contributed by atoms with Crippen LogP contribution in [-0.4, -0.2) is 45.1 Å². The van der Waals surface area contributed by atoms with Gasteiger partial charge in [0.1, 0.15) is 22.9 Å². The first-order valence-corrected chi connectivity index (χ1v) is 11.6. The number of aryl methyl sites for hydroxylation is 1. The lowest BCUT2D eigenvalue weighted by molar-refractivity contribution is 0.0727. The fraction of sp³-hybridized carbons (Fsp3) is 0.320. The molecule has 2 aromatic heterocycles. The Balaban J connectivity index is 1.49. The molecule has 2 atom stereocenters. The van der Waals surface area contributed by atoms with Crippen LogP contribution in [0.15, 0.2) is 48.6 Å². The van der Waals surface area contributed by atoms with Crippen molar-refractivity contribution < 1.29 is 13.9 Å². The van der Waals surface area contributed by atoms with Crippen molar-refractivity contribution in [1.82, 2.24) is 19.9 Å². The molecule has 1 aromatic carbocycles. The summed E-state index contributed by atoms with van der Waals surface area (Å²) in [6.07, 6.45) is 6.05. The number of rotatable bonds is 4. The van der Waals surface area contributed by atoms with E-state index < -0.39 is 5.67 Å². The van der Waals surface area contributed by atoms with E-state index in [1.54, 1.807) is 31.1 Å². The number of H-pyrrole nitrogens is 1. The molecule has 170 valence electrons. The minimum absolute atomic E-state index is 0.168. The number of aromatic nitrogens is 3. The number of hydrogen-bond acceptors (Lipinski definition) is 5. The van der Waals surface area contributed by atoms with Crippen molar-refractivity contribution in [2.45, 2.75) is 38.4 Å². The summed E-state index contributed by atoms with van der Waals surface area (Å²) in [6, 6.07) is 5.39. The number of aromatic amines is 1. The molecule has 6 nitrogen and oxygen atoms in total. The Morgan fingerprint density at radius 2 is 2.21 bits per heavy atom. The van der Waals surface area contributed by atoms with Crippen molar-refractivity contribution in [3.8, 4) is 5.75 Å². The van der Waals surface area contributed by atoms with E-state index in [1.165, 1.54) is 11.3 Å². The van der Waals surface area contributed by atoms with Crippen molar-refractivity contribution in [3.05, 3.63) is 70.0 Å². The largest absolute Gasteiger partial charge is 0.497 e. The molecule has 5 rings (SSSR count). The third-order valence-electron chi connectivity index (χ3n) is 6.07. The zero-order valence-corrected chi connectivity index (χ0v) is 19.6. The normalized spacial score (nSPS) is 22.8. The summed E-state index contributed by atoms with van der Waals surface area (Å²) in [5.41, 5.74) is 2.50. The van der Waals surface area contributed by atoms with Gasteiger partial charge in [0.15, 0.2) is 0 Å². The molecule has 3 heterocycles. The number of methoxy groups -OCH3 is 1. The molecular weight excluding hydrogens is 439 g/mol. The Morgan fingerprint density at radius 1 is 1.39 bits per heavy atom. The van der Waals surface area contributed by atoms with Gasteiger partial charge in [0.2, 0.25) is 0 Å². The maximum Gasteiger partial charge on any atom is 0.274 e. The number of imidazole rings is 1. The number of hydrogen-bond donors (Lipinski definition) is 1. The summed E-state index contributed by atoms with van der Waals surface area (Å²) in [5.74, 6) is 1.28. The number of nitrogens with zero attached hydrogens (tertiary/aromatic N) is 3. The van der Waals surface area contributed by atoms with E-state index in [9.17, 15) is 9.18 Å². The minimum Gasteiger partial charge on any atom is -0.497 e. The number of halogens is 1. The highest BCUT2D eigenvalue weighted by atomic mass is 32.1. The Labute approximate surface area is 195 Å². The molecule has 8 heteroatoms. The van der Waals surface area contributed by atoms with Gasteiger partial charge in [-0.15, -0.1) is 11.3 Å². The van der Waals surface area contributed by atoms with E-state index in [4.69, 9.17) is 9.72 Å². The maximum absolute atomic E-state index is 14.2. The van der Waals surface area contributed by atoms with Gasteiger partial charge in [-0.25, -0.2) is 14.4 Å². The number of fused-ring (bicyclic) bond motifs is 1. The second-order valence-corrected chi connectivity index (χ2v) is 10.00. The van der Waals surface area contributed by atoms with Crippen molar-refractivity contribution in [2.75, 3.05) is 13.7 Å². The summed E-state index contributed by atoms with van der Waals surface area (Å²) in [5, 5.41) is 0.793. The van der Waals surface area contributed by atoms with Gasteiger partial charge in [-0.1, -0.05) is 24.3 Å². The second-order valence-electron chi connectivity index (χ2n) is 8.79. The number of benzene rings is 1. The van der Waals surface area contributed by atoms with Gasteiger partial charge < -0.3 is 14.6 Å². The zero-order chi connectivity index (χ0) is 23.3. The van der Waals surface area contributed by atoms with Gasteiger partial charge in [-0.3, -0.25) is 4.79 Å². The lowest BCUT2D eigenvalue weighted by atomic mass is 9.94. The quantitative estimate of drug-likeness (QED) is 0.514. The smallest absolute Gasteiger partial charge is 0.274 e. The van der Waals surface area contributed by atoms with Gasteiger partial charge in [0.05, 0.1) is 34.1 Å². The number of ether oxygens (including phenoxy) is 1. The highest BCUT2D eigenvalue weighted by Crippen LogP contribution is 2.38. The van der Waals surface area contributed by atoms with Gasteiger partial charge in [0, 0.05) is 19.0 Å². The molecule has 1 unspecified atom stereocenters. The van der Waals surface area contributed by atoms with E-state index in [1.807, 2.05) is 31.2 Å². The molecule has 1 fully saturated rings. The van der Waals surface area contributed by atoms with E-state index in [2.05, 4.69) is 16.5 Å². The highest BCUT2D eigenvalue weighted by Gasteiger charge is 2.37. The van der Waals surface area contributed by atoms with Crippen LogP contribution in [0.4, 0.5) is 4.39 Å². The lowest BCUT2D eigenvalue weighted by Gasteiger charge is -2.23. The third kappa shape index (κ3) is 3.99. The molecule has 0 spiro atoms. The Kier molecular flexibility index (Phi) is 5.20. The zero-order valence-electron chi connectivity index (χ0n) is 18.8. The molecule has 1 aliphatic heterocycles. The molecule has 1 amide bonds. The van der Waals surface area contributed by atoms with Crippen molar-refractivity contribution in [2.24, 2.45) is 0 Å². The van der Waals surface area contributed by atoms with Crippen LogP contribution < -0.4 is 4.74 Å². The Bertz CT molecular complexity index is 1330. The van der Waals surface area contributed by atoms with Crippen LogP contribution in [0.2, 0.25) is 0 Å². The molecule has 33 heavy (non-hydrogen) atoms. The van der Waals surface area contributed by atoms with Gasteiger partial charge in [-0.05, 0) is 44.1 Å². The molecular formula is C25H25FN4O2S. The molecule has 1 aliphatic carbocycles. The van der Waals surface area contributed by atoms with E-state index >= 15 is 0 Å². The van der Waals surface area contributed by atoms with E-state index in [-0.39, 0.29) is 18.4 Å². The first-order chi connectivity index (χ1) is 15.7. The summed E-state index contributed by atoms with van der Waals surface area (Å²) in [6.45, 7) is 8.00. The van der Waals surface area contributed by atoms with Crippen LogP contribution in [-0.2, 0) is 0 Å². The summed E-state index contributed by atoms with van der Waals surface area (Å²) in [4.78, 5) is 28.9. The number of likely N-dealkylation sites (tertiary alicyclic amines) is 1. The molecule has 0 saturated carbocycles. The lowest BCUT2D eigenvalue weighted by Crippen LogP contribution is -2.32. The summed E-state index contributed by atoms with van der Waals surface area (Å²) in [7, 11) is 1.62. The number of amides is 1. The Hall–Kier alpha value is -3.26. The molecule has 0 bridgehead atoms. The number of alkyl halides is 1. The van der Waals surface area contributed by atoms with Crippen LogP contribution in [0.5, 0.6) is 5.75 Å². The summed E-state index contributed by atoms with van der Waals surface area (Å²) >= 11 is 1.45. The third-order valence-corrected chi connectivity index (χ3v) is 7.09. The van der Waals surface area contributed by atoms with E-state index in [0.717, 1.165) is 37.8 Å². The second kappa shape index (κ2) is 7.95. The average molecular weight is 465 g/mol. The fourth-order valence-electron chi connectivity index (χ4n) is 4.33. The van der Waals surface area contributed by atoms with Crippen LogP contribution in [0.25, 0.3) is 16.6 Å². The van der Waals surface area contributed by atoms with Gasteiger partial charge in [-0.2, -0.15) is 0 Å². The van der Waals surface area contributed by atoms with Crippen molar-refractivity contribution in [3.63, 3.8) is 0 Å². The molecule has 2 aliphatic rings. The number of carbonyl (C=O) groups excluding carboxylic acids is 1. The maximum atomic E-state index is 14.2. The molecule has 3 aromatic rings. The van der Waals surface area contributed by atoms with Gasteiger partial charge in [0.25, 0.3) is 5.91 Å². The van der Waals surface area contributed by atoms with Crippen molar-refractivity contribution in [1.29, 1.82) is 0 Å². The molecule has 0 radical (unpaired) electrons. The highest BCUT2D eigenvalue weighted by molar-refractivity contribution is 7.13.